The zero-order valence-electron chi connectivity index (χ0n) is 32.9. The van der Waals surface area contributed by atoms with Gasteiger partial charge < -0.3 is 39.4 Å². The number of carbonyl (C=O) groups excluding carboxylic acids is 1. The van der Waals surface area contributed by atoms with Crippen LogP contribution >= 0.6 is 0 Å². The van der Waals surface area contributed by atoms with Crippen LogP contribution < -0.4 is 0 Å². The molecule has 1 saturated heterocycles. The average molecular weight is 755 g/mol. The molecule has 0 radical (unpaired) electrons. The summed E-state index contributed by atoms with van der Waals surface area (Å²) in [7, 11) is 0. The summed E-state index contributed by atoms with van der Waals surface area (Å²) in [5, 5.41) is 40.0. The Morgan fingerprint density at radius 2 is 1.07 bits per heavy atom. The summed E-state index contributed by atoms with van der Waals surface area (Å²) in [5.41, 5.74) is 0. The standard InChI is InChI=1S/C45H70O9/c1-3-5-7-9-11-13-15-17-19-21-23-25-27-29-31-33-35-51-37-39(38-52-45-44(50)43(49)42(48)40(36-46)54-45)53-41(47)34-32-30-28-26-24-22-20-18-16-14-12-10-8-6-4-2/h5-8,11-14,17-20,23-26,30,32,39-40,42-46,48-50H,3-4,9-10,15-16,21-22,27-29,31,33-38H2,1-2H3/b7-5-,8-6-,13-11-,14-12-,19-17-,20-18-,25-23-,26-24-,32-30-. The molecule has 54 heavy (non-hydrogen) atoms. The number of hydrogen-bond donors (Lipinski definition) is 4. The Balaban J connectivity index is 2.43. The lowest BCUT2D eigenvalue weighted by molar-refractivity contribution is -0.305. The first kappa shape index (κ1) is 48.9. The van der Waals surface area contributed by atoms with Gasteiger partial charge in [-0.2, -0.15) is 0 Å². The summed E-state index contributed by atoms with van der Waals surface area (Å²) in [6.07, 6.45) is 42.8. The second-order valence-electron chi connectivity index (χ2n) is 13.0. The van der Waals surface area contributed by atoms with Crippen LogP contribution in [0.15, 0.2) is 109 Å². The molecule has 1 aliphatic rings. The maximum atomic E-state index is 12.7. The van der Waals surface area contributed by atoms with E-state index in [4.69, 9.17) is 18.9 Å². The molecule has 1 fully saturated rings. The summed E-state index contributed by atoms with van der Waals surface area (Å²) in [6, 6.07) is 0. The Labute approximate surface area is 325 Å². The van der Waals surface area contributed by atoms with E-state index in [2.05, 4.69) is 105 Å². The molecule has 0 spiro atoms. The van der Waals surface area contributed by atoms with Crippen molar-refractivity contribution in [2.75, 3.05) is 26.4 Å². The number of aliphatic hydroxyl groups is 4. The van der Waals surface area contributed by atoms with Gasteiger partial charge in [0, 0.05) is 6.61 Å². The highest BCUT2D eigenvalue weighted by atomic mass is 16.7. The molecule has 0 aromatic rings. The highest BCUT2D eigenvalue weighted by Crippen LogP contribution is 2.22. The van der Waals surface area contributed by atoms with Crippen molar-refractivity contribution in [3.05, 3.63) is 109 Å². The third-order valence-electron chi connectivity index (χ3n) is 8.22. The van der Waals surface area contributed by atoms with Crippen LogP contribution in [-0.4, -0.2) is 89.6 Å². The molecule has 0 aromatic heterocycles. The van der Waals surface area contributed by atoms with E-state index >= 15 is 0 Å². The van der Waals surface area contributed by atoms with Crippen LogP contribution in [0.3, 0.4) is 0 Å². The maximum absolute atomic E-state index is 12.7. The molecule has 6 unspecified atom stereocenters. The van der Waals surface area contributed by atoms with E-state index in [1.54, 1.807) is 6.08 Å². The lowest BCUT2D eigenvalue weighted by Gasteiger charge is -2.39. The Hall–Kier alpha value is -3.15. The van der Waals surface area contributed by atoms with Gasteiger partial charge in [-0.1, -0.05) is 130 Å². The van der Waals surface area contributed by atoms with Crippen molar-refractivity contribution >= 4 is 5.97 Å². The fraction of sp³-hybridized carbons (Fsp3) is 0.578. The zero-order chi connectivity index (χ0) is 39.3. The minimum absolute atomic E-state index is 0.0708. The van der Waals surface area contributed by atoms with Gasteiger partial charge in [-0.15, -0.1) is 0 Å². The first-order valence-electron chi connectivity index (χ1n) is 20.0. The smallest absolute Gasteiger partial charge is 0.310 e. The number of unbranched alkanes of at least 4 members (excludes halogenated alkanes) is 3. The molecule has 1 aliphatic heterocycles. The second-order valence-corrected chi connectivity index (χ2v) is 13.0. The van der Waals surface area contributed by atoms with Gasteiger partial charge in [0.15, 0.2) is 6.29 Å². The molecular weight excluding hydrogens is 684 g/mol. The van der Waals surface area contributed by atoms with E-state index in [0.29, 0.717) is 13.0 Å². The lowest BCUT2D eigenvalue weighted by Crippen LogP contribution is -2.59. The minimum Gasteiger partial charge on any atom is -0.457 e. The molecule has 0 saturated carbocycles. The summed E-state index contributed by atoms with van der Waals surface area (Å²) in [5.74, 6) is -0.458. The van der Waals surface area contributed by atoms with Gasteiger partial charge >= 0.3 is 5.97 Å². The zero-order valence-corrected chi connectivity index (χ0v) is 32.9. The van der Waals surface area contributed by atoms with Crippen molar-refractivity contribution in [1.82, 2.24) is 0 Å². The molecule has 0 aliphatic carbocycles. The van der Waals surface area contributed by atoms with Crippen LogP contribution in [0, 0.1) is 0 Å². The van der Waals surface area contributed by atoms with Gasteiger partial charge in [0.1, 0.15) is 30.5 Å². The molecule has 4 N–H and O–H groups in total. The second kappa shape index (κ2) is 35.5. The predicted molar refractivity (Wildman–Crippen MR) is 219 cm³/mol. The van der Waals surface area contributed by atoms with Crippen molar-refractivity contribution in [2.45, 2.75) is 141 Å². The maximum Gasteiger partial charge on any atom is 0.310 e. The van der Waals surface area contributed by atoms with Crippen LogP contribution in [-0.2, 0) is 23.7 Å². The monoisotopic (exact) mass is 755 g/mol. The summed E-state index contributed by atoms with van der Waals surface area (Å²) >= 11 is 0. The van der Waals surface area contributed by atoms with Gasteiger partial charge in [0.25, 0.3) is 0 Å². The molecule has 9 heteroatoms. The molecule has 9 nitrogen and oxygen atoms in total. The van der Waals surface area contributed by atoms with Crippen LogP contribution in [0.2, 0.25) is 0 Å². The summed E-state index contributed by atoms with van der Waals surface area (Å²) < 4.78 is 22.6. The van der Waals surface area contributed by atoms with E-state index in [0.717, 1.165) is 77.0 Å². The lowest BCUT2D eigenvalue weighted by atomic mass is 9.99. The normalized spacial score (nSPS) is 22.1. The van der Waals surface area contributed by atoms with Crippen molar-refractivity contribution in [3.63, 3.8) is 0 Å². The van der Waals surface area contributed by atoms with Crippen LogP contribution in [0.4, 0.5) is 0 Å². The number of carbonyl (C=O) groups is 1. The summed E-state index contributed by atoms with van der Waals surface area (Å²) in [4.78, 5) is 12.7. The number of hydrogen-bond acceptors (Lipinski definition) is 9. The van der Waals surface area contributed by atoms with Gasteiger partial charge in [-0.05, 0) is 77.0 Å². The molecule has 304 valence electrons. The molecule has 6 atom stereocenters. The largest absolute Gasteiger partial charge is 0.457 e. The molecule has 0 aromatic carbocycles. The van der Waals surface area contributed by atoms with E-state index < -0.39 is 49.4 Å². The van der Waals surface area contributed by atoms with Crippen molar-refractivity contribution in [1.29, 1.82) is 0 Å². The van der Waals surface area contributed by atoms with Gasteiger partial charge in [0.05, 0.1) is 26.2 Å². The first-order chi connectivity index (χ1) is 26.4. The number of allylic oxidation sites excluding steroid dienone is 17. The van der Waals surface area contributed by atoms with E-state index in [1.165, 1.54) is 0 Å². The SMILES string of the molecule is CC/C=C\C/C=C\C/C=C\C/C=C\C/C=C\CC(=O)OC(COCCCCC/C=C\C/C=C\C/C=C\C/C=C\CC)COC1OC(CO)C(O)C(O)C1O. The Bertz CT molecular complexity index is 1180. The fourth-order valence-corrected chi connectivity index (χ4v) is 5.14. The van der Waals surface area contributed by atoms with Gasteiger partial charge in [-0.3, -0.25) is 4.79 Å². The average Bonchev–Trinajstić information content (AvgIpc) is 3.17. The van der Waals surface area contributed by atoms with Gasteiger partial charge in [0.2, 0.25) is 0 Å². The van der Waals surface area contributed by atoms with Crippen molar-refractivity contribution in [2.24, 2.45) is 0 Å². The van der Waals surface area contributed by atoms with Crippen LogP contribution in [0.5, 0.6) is 0 Å². The third kappa shape index (κ3) is 26.6. The topological polar surface area (TPSA) is 135 Å². The van der Waals surface area contributed by atoms with Crippen LogP contribution in [0.25, 0.3) is 0 Å². The molecular formula is C45H70O9. The summed E-state index contributed by atoms with van der Waals surface area (Å²) in [6.45, 7) is 4.08. The van der Waals surface area contributed by atoms with E-state index in [-0.39, 0.29) is 19.6 Å². The van der Waals surface area contributed by atoms with Crippen molar-refractivity contribution in [3.8, 4) is 0 Å². The molecule has 0 amide bonds. The fourth-order valence-electron chi connectivity index (χ4n) is 5.14. The number of aliphatic hydroxyl groups excluding tert-OH is 4. The van der Waals surface area contributed by atoms with Crippen LogP contribution in [0.1, 0.15) is 104 Å². The number of rotatable bonds is 31. The predicted octanol–water partition coefficient (Wildman–Crippen LogP) is 8.24. The molecule has 1 heterocycles. The highest BCUT2D eigenvalue weighted by Gasteiger charge is 2.44. The van der Waals surface area contributed by atoms with E-state index in [9.17, 15) is 25.2 Å². The number of esters is 1. The third-order valence-corrected chi connectivity index (χ3v) is 8.22. The highest BCUT2D eigenvalue weighted by molar-refractivity contribution is 5.71. The van der Waals surface area contributed by atoms with Gasteiger partial charge in [-0.25, -0.2) is 0 Å². The molecule has 0 bridgehead atoms. The van der Waals surface area contributed by atoms with Crippen molar-refractivity contribution < 1.29 is 44.2 Å². The minimum atomic E-state index is -1.56. The van der Waals surface area contributed by atoms with E-state index in [1.807, 2.05) is 12.2 Å². The Kier molecular flexibility index (Phi) is 32.2. The number of ether oxygens (including phenoxy) is 4. The molecule has 1 rings (SSSR count). The Morgan fingerprint density at radius 3 is 1.57 bits per heavy atom. The quantitative estimate of drug-likeness (QED) is 0.0314. The Morgan fingerprint density at radius 1 is 0.593 bits per heavy atom. The first-order valence-corrected chi connectivity index (χ1v) is 20.0.